The molecule has 0 aliphatic heterocycles. The Morgan fingerprint density at radius 2 is 2.24 bits per heavy atom. The molecule has 1 atom stereocenters. The Labute approximate surface area is 103 Å². The lowest BCUT2D eigenvalue weighted by Gasteiger charge is -2.13. The van der Waals surface area contributed by atoms with E-state index in [1.165, 1.54) is 25.5 Å². The van der Waals surface area contributed by atoms with E-state index in [4.69, 9.17) is 10.00 Å². The fourth-order valence-electron chi connectivity index (χ4n) is 1.60. The molecule has 17 heavy (non-hydrogen) atoms. The van der Waals surface area contributed by atoms with E-state index in [1.54, 1.807) is 6.07 Å². The van der Waals surface area contributed by atoms with E-state index < -0.39 is 0 Å². The molecule has 0 saturated heterocycles. The Hall–Kier alpha value is -1.63. The van der Waals surface area contributed by atoms with Gasteiger partial charge in [-0.3, -0.25) is 0 Å². The van der Waals surface area contributed by atoms with Gasteiger partial charge in [0.2, 0.25) is 0 Å². The lowest BCUT2D eigenvalue weighted by atomic mass is 10.1. The number of rotatable bonds is 7. The summed E-state index contributed by atoms with van der Waals surface area (Å²) in [5.74, 6) is 0.345. The standard InChI is InChI=1S/C13H19N3O/c1-3-4-5-6-7-11(2)17-13-12(10-14)8-9-15-16-13/h8-9,11H,3-7H2,1-2H3. The van der Waals surface area contributed by atoms with Crippen molar-refractivity contribution in [2.45, 2.75) is 52.1 Å². The van der Waals surface area contributed by atoms with E-state index in [0.29, 0.717) is 11.4 Å². The predicted octanol–water partition coefficient (Wildman–Crippen LogP) is 3.09. The van der Waals surface area contributed by atoms with Crippen LogP contribution in [0.1, 0.15) is 51.5 Å². The lowest BCUT2D eigenvalue weighted by Crippen LogP contribution is -2.13. The number of unbranched alkanes of at least 4 members (excludes halogenated alkanes) is 3. The quantitative estimate of drug-likeness (QED) is 0.679. The van der Waals surface area contributed by atoms with E-state index in [-0.39, 0.29) is 6.10 Å². The first-order chi connectivity index (χ1) is 8.27. The zero-order valence-electron chi connectivity index (χ0n) is 10.5. The highest BCUT2D eigenvalue weighted by Crippen LogP contribution is 2.16. The van der Waals surface area contributed by atoms with E-state index in [9.17, 15) is 0 Å². The Kier molecular flexibility index (Phi) is 6.02. The second kappa shape index (κ2) is 7.61. The summed E-state index contributed by atoms with van der Waals surface area (Å²) in [5, 5.41) is 16.4. The highest BCUT2D eigenvalue weighted by Gasteiger charge is 2.09. The van der Waals surface area contributed by atoms with Gasteiger partial charge in [-0.25, -0.2) is 0 Å². The normalized spacial score (nSPS) is 11.8. The second-order valence-electron chi connectivity index (χ2n) is 4.14. The molecule has 0 aromatic carbocycles. The molecular formula is C13H19N3O. The molecule has 1 rings (SSSR count). The second-order valence-corrected chi connectivity index (χ2v) is 4.14. The van der Waals surface area contributed by atoms with E-state index in [1.807, 2.05) is 13.0 Å². The van der Waals surface area contributed by atoms with Crippen LogP contribution in [0.2, 0.25) is 0 Å². The van der Waals surface area contributed by atoms with E-state index in [0.717, 1.165) is 12.8 Å². The van der Waals surface area contributed by atoms with Crippen LogP contribution in [-0.4, -0.2) is 16.3 Å². The van der Waals surface area contributed by atoms with Gasteiger partial charge >= 0.3 is 0 Å². The first-order valence-corrected chi connectivity index (χ1v) is 6.16. The number of hydrogen-bond acceptors (Lipinski definition) is 4. The molecular weight excluding hydrogens is 214 g/mol. The molecule has 0 amide bonds. The zero-order valence-corrected chi connectivity index (χ0v) is 10.5. The van der Waals surface area contributed by atoms with Gasteiger partial charge in [-0.2, -0.15) is 10.4 Å². The van der Waals surface area contributed by atoms with Crippen LogP contribution < -0.4 is 4.74 Å². The fourth-order valence-corrected chi connectivity index (χ4v) is 1.60. The summed E-state index contributed by atoms with van der Waals surface area (Å²) in [4.78, 5) is 0. The summed E-state index contributed by atoms with van der Waals surface area (Å²) in [6.07, 6.45) is 7.45. The molecule has 1 aromatic rings. The van der Waals surface area contributed by atoms with Crippen molar-refractivity contribution in [3.8, 4) is 11.9 Å². The summed E-state index contributed by atoms with van der Waals surface area (Å²) >= 11 is 0. The summed E-state index contributed by atoms with van der Waals surface area (Å²) in [6.45, 7) is 4.19. The predicted molar refractivity (Wildman–Crippen MR) is 65.6 cm³/mol. The highest BCUT2D eigenvalue weighted by molar-refractivity contribution is 5.35. The zero-order chi connectivity index (χ0) is 12.5. The molecule has 0 radical (unpaired) electrons. The van der Waals surface area contributed by atoms with Crippen molar-refractivity contribution in [2.75, 3.05) is 0 Å². The Balaban J connectivity index is 2.40. The molecule has 1 unspecified atom stereocenters. The molecule has 0 aliphatic carbocycles. The number of ether oxygens (including phenoxy) is 1. The van der Waals surface area contributed by atoms with E-state index >= 15 is 0 Å². The maximum absolute atomic E-state index is 8.88. The SMILES string of the molecule is CCCCCCC(C)Oc1nnccc1C#N. The van der Waals surface area contributed by atoms with Crippen molar-refractivity contribution < 1.29 is 4.74 Å². The average molecular weight is 233 g/mol. The Morgan fingerprint density at radius 1 is 1.41 bits per heavy atom. The Bertz CT molecular complexity index is 373. The van der Waals surface area contributed by atoms with Crippen LogP contribution in [0.25, 0.3) is 0 Å². The molecule has 0 aliphatic rings. The van der Waals surface area contributed by atoms with Gasteiger partial charge in [0.15, 0.2) is 0 Å². The third-order valence-corrected chi connectivity index (χ3v) is 2.58. The van der Waals surface area contributed by atoms with Crippen molar-refractivity contribution in [2.24, 2.45) is 0 Å². The van der Waals surface area contributed by atoms with Crippen LogP contribution in [0.4, 0.5) is 0 Å². The van der Waals surface area contributed by atoms with Crippen LogP contribution in [0.3, 0.4) is 0 Å². The molecule has 4 nitrogen and oxygen atoms in total. The minimum atomic E-state index is 0.0793. The molecule has 0 bridgehead atoms. The summed E-state index contributed by atoms with van der Waals surface area (Å²) < 4.78 is 5.62. The van der Waals surface area contributed by atoms with Gasteiger partial charge in [0, 0.05) is 0 Å². The van der Waals surface area contributed by atoms with Crippen molar-refractivity contribution in [1.82, 2.24) is 10.2 Å². The summed E-state index contributed by atoms with van der Waals surface area (Å²) in [6, 6.07) is 3.67. The van der Waals surface area contributed by atoms with E-state index in [2.05, 4.69) is 17.1 Å². The van der Waals surface area contributed by atoms with Crippen LogP contribution in [0.5, 0.6) is 5.88 Å². The fraction of sp³-hybridized carbons (Fsp3) is 0.615. The van der Waals surface area contributed by atoms with Gasteiger partial charge in [-0.15, -0.1) is 5.10 Å². The summed E-state index contributed by atoms with van der Waals surface area (Å²) in [7, 11) is 0. The van der Waals surface area contributed by atoms with Gasteiger partial charge < -0.3 is 4.74 Å². The number of hydrogen-bond donors (Lipinski definition) is 0. The molecule has 0 N–H and O–H groups in total. The van der Waals surface area contributed by atoms with Crippen molar-refractivity contribution in [3.05, 3.63) is 17.8 Å². The van der Waals surface area contributed by atoms with Gasteiger partial charge in [-0.05, 0) is 25.8 Å². The first kappa shape index (κ1) is 13.4. The third-order valence-electron chi connectivity index (χ3n) is 2.58. The van der Waals surface area contributed by atoms with Crippen LogP contribution in [0.15, 0.2) is 12.3 Å². The topological polar surface area (TPSA) is 58.8 Å². The van der Waals surface area contributed by atoms with Crippen LogP contribution in [-0.2, 0) is 0 Å². The molecule has 0 saturated carbocycles. The van der Waals surface area contributed by atoms with Gasteiger partial charge in [0.25, 0.3) is 5.88 Å². The minimum Gasteiger partial charge on any atom is -0.473 e. The van der Waals surface area contributed by atoms with Crippen molar-refractivity contribution in [3.63, 3.8) is 0 Å². The number of aromatic nitrogens is 2. The molecule has 4 heteroatoms. The molecule has 0 fully saturated rings. The van der Waals surface area contributed by atoms with Gasteiger partial charge in [-0.1, -0.05) is 26.2 Å². The van der Waals surface area contributed by atoms with Crippen molar-refractivity contribution >= 4 is 0 Å². The largest absolute Gasteiger partial charge is 0.473 e. The maximum Gasteiger partial charge on any atom is 0.251 e. The first-order valence-electron chi connectivity index (χ1n) is 6.16. The Morgan fingerprint density at radius 3 is 2.94 bits per heavy atom. The molecule has 1 aromatic heterocycles. The molecule has 92 valence electrons. The minimum absolute atomic E-state index is 0.0793. The van der Waals surface area contributed by atoms with Crippen molar-refractivity contribution in [1.29, 1.82) is 5.26 Å². The highest BCUT2D eigenvalue weighted by atomic mass is 16.5. The maximum atomic E-state index is 8.88. The summed E-state index contributed by atoms with van der Waals surface area (Å²) in [5.41, 5.74) is 0.445. The molecule has 1 heterocycles. The molecule has 0 spiro atoms. The van der Waals surface area contributed by atoms with Crippen LogP contribution >= 0.6 is 0 Å². The monoisotopic (exact) mass is 233 g/mol. The average Bonchev–Trinajstić information content (AvgIpc) is 2.35. The number of nitrogens with zero attached hydrogens (tertiary/aromatic N) is 3. The van der Waals surface area contributed by atoms with Gasteiger partial charge in [0.05, 0.1) is 12.3 Å². The smallest absolute Gasteiger partial charge is 0.251 e. The number of nitriles is 1. The van der Waals surface area contributed by atoms with Crippen LogP contribution in [0, 0.1) is 11.3 Å². The third kappa shape index (κ3) is 4.81. The lowest BCUT2D eigenvalue weighted by molar-refractivity contribution is 0.195. The van der Waals surface area contributed by atoms with Gasteiger partial charge in [0.1, 0.15) is 11.6 Å².